The monoisotopic (exact) mass is 256 g/mol. The van der Waals surface area contributed by atoms with Gasteiger partial charge in [0.05, 0.1) is 5.56 Å². The molecule has 2 aromatic rings. The maximum atomic E-state index is 12.0. The van der Waals surface area contributed by atoms with Gasteiger partial charge in [-0.25, -0.2) is 10.1 Å². The summed E-state index contributed by atoms with van der Waals surface area (Å²) in [6, 6.07) is 16.1. The molecule has 3 rings (SSSR count). The number of hydrogen-bond acceptors (Lipinski definition) is 4. The highest BCUT2D eigenvalue weighted by molar-refractivity contribution is 5.92. The van der Waals surface area contributed by atoms with Crippen LogP contribution < -0.4 is 0 Å². The molecule has 0 aliphatic carbocycles. The molecule has 0 bridgehead atoms. The second kappa shape index (κ2) is 4.50. The van der Waals surface area contributed by atoms with E-state index in [1.165, 1.54) is 0 Å². The fourth-order valence-corrected chi connectivity index (χ4v) is 2.32. The molecule has 0 amide bonds. The van der Waals surface area contributed by atoms with Crippen molar-refractivity contribution in [3.8, 4) is 0 Å². The molecule has 2 aromatic carbocycles. The number of ether oxygens (including phenoxy) is 1. The van der Waals surface area contributed by atoms with Crippen LogP contribution in [-0.4, -0.2) is 11.2 Å². The number of cyclic esters (lactones) is 1. The maximum absolute atomic E-state index is 12.0. The summed E-state index contributed by atoms with van der Waals surface area (Å²) < 4.78 is 5.32. The topological polar surface area (TPSA) is 55.8 Å². The first-order chi connectivity index (χ1) is 9.25. The standard InChI is InChI=1S/C15H12O4/c16-14-13-9-5-4-6-11(13)10-15(18-14,19-17)12-7-2-1-3-8-12/h1-9,17H,10H2. The van der Waals surface area contributed by atoms with Gasteiger partial charge in [0.15, 0.2) is 0 Å². The van der Waals surface area contributed by atoms with Gasteiger partial charge in [0.2, 0.25) is 0 Å². The van der Waals surface area contributed by atoms with E-state index >= 15 is 0 Å². The molecule has 0 aromatic heterocycles. The van der Waals surface area contributed by atoms with E-state index in [1.807, 2.05) is 18.2 Å². The molecule has 1 atom stereocenters. The molecule has 1 aliphatic heterocycles. The van der Waals surface area contributed by atoms with Crippen LogP contribution in [0.5, 0.6) is 0 Å². The predicted molar refractivity (Wildman–Crippen MR) is 67.4 cm³/mol. The molecule has 0 saturated heterocycles. The number of carbonyl (C=O) groups excluding carboxylic acids is 1. The number of rotatable bonds is 2. The van der Waals surface area contributed by atoms with Crippen molar-refractivity contribution >= 4 is 5.97 Å². The Hall–Kier alpha value is -2.17. The Bertz CT molecular complexity index is 609. The molecule has 1 N–H and O–H groups in total. The summed E-state index contributed by atoms with van der Waals surface area (Å²) in [7, 11) is 0. The van der Waals surface area contributed by atoms with Crippen molar-refractivity contribution in [2.24, 2.45) is 0 Å². The summed E-state index contributed by atoms with van der Waals surface area (Å²) in [4.78, 5) is 16.6. The minimum Gasteiger partial charge on any atom is -0.422 e. The van der Waals surface area contributed by atoms with Gasteiger partial charge in [-0.1, -0.05) is 48.5 Å². The van der Waals surface area contributed by atoms with E-state index in [1.54, 1.807) is 36.4 Å². The second-order valence-electron chi connectivity index (χ2n) is 4.43. The van der Waals surface area contributed by atoms with E-state index in [0.29, 0.717) is 11.1 Å². The Labute approximate surface area is 110 Å². The minimum absolute atomic E-state index is 0.273. The molecule has 1 aliphatic rings. The number of carbonyl (C=O) groups is 1. The quantitative estimate of drug-likeness (QED) is 0.510. The van der Waals surface area contributed by atoms with Crippen LogP contribution in [0.3, 0.4) is 0 Å². The first kappa shape index (κ1) is 11.9. The molecule has 0 saturated carbocycles. The first-order valence-electron chi connectivity index (χ1n) is 5.94. The summed E-state index contributed by atoms with van der Waals surface area (Å²) in [6.07, 6.45) is 0.273. The number of esters is 1. The Balaban J connectivity index is 2.09. The molecule has 0 fully saturated rings. The van der Waals surface area contributed by atoms with Crippen LogP contribution in [-0.2, 0) is 21.8 Å². The Morgan fingerprint density at radius 3 is 2.47 bits per heavy atom. The van der Waals surface area contributed by atoms with Crippen molar-refractivity contribution in [1.82, 2.24) is 0 Å². The molecular formula is C15H12O4. The van der Waals surface area contributed by atoms with Crippen LogP contribution in [0.2, 0.25) is 0 Å². The average Bonchev–Trinajstić information content (AvgIpc) is 2.48. The van der Waals surface area contributed by atoms with E-state index in [2.05, 4.69) is 4.89 Å². The molecule has 19 heavy (non-hydrogen) atoms. The fourth-order valence-electron chi connectivity index (χ4n) is 2.32. The smallest absolute Gasteiger partial charge is 0.341 e. The molecule has 1 heterocycles. The van der Waals surface area contributed by atoms with Crippen molar-refractivity contribution in [2.45, 2.75) is 12.2 Å². The van der Waals surface area contributed by atoms with E-state index in [0.717, 1.165) is 5.56 Å². The van der Waals surface area contributed by atoms with Gasteiger partial charge in [0.1, 0.15) is 0 Å². The van der Waals surface area contributed by atoms with Gasteiger partial charge in [-0.05, 0) is 11.6 Å². The Morgan fingerprint density at radius 2 is 1.74 bits per heavy atom. The molecule has 96 valence electrons. The van der Waals surface area contributed by atoms with Crippen molar-refractivity contribution < 1.29 is 19.7 Å². The number of benzene rings is 2. The second-order valence-corrected chi connectivity index (χ2v) is 4.43. The summed E-state index contributed by atoms with van der Waals surface area (Å²) >= 11 is 0. The van der Waals surface area contributed by atoms with E-state index in [9.17, 15) is 10.1 Å². The number of hydrogen-bond donors (Lipinski definition) is 1. The van der Waals surface area contributed by atoms with Gasteiger partial charge in [-0.15, -0.1) is 0 Å². The zero-order valence-corrected chi connectivity index (χ0v) is 10.1. The zero-order chi connectivity index (χ0) is 13.3. The molecule has 4 heteroatoms. The lowest BCUT2D eigenvalue weighted by Crippen LogP contribution is -2.41. The molecule has 0 radical (unpaired) electrons. The molecule has 0 spiro atoms. The summed E-state index contributed by atoms with van der Waals surface area (Å²) in [5, 5.41) is 9.26. The summed E-state index contributed by atoms with van der Waals surface area (Å²) in [5.41, 5.74) is 1.89. The van der Waals surface area contributed by atoms with Gasteiger partial charge in [0.25, 0.3) is 5.79 Å². The highest BCUT2D eigenvalue weighted by Crippen LogP contribution is 2.36. The van der Waals surface area contributed by atoms with Gasteiger partial charge in [0, 0.05) is 12.0 Å². The van der Waals surface area contributed by atoms with Gasteiger partial charge in [-0.3, -0.25) is 0 Å². The van der Waals surface area contributed by atoms with E-state index in [-0.39, 0.29) is 6.42 Å². The van der Waals surface area contributed by atoms with E-state index < -0.39 is 11.8 Å². The lowest BCUT2D eigenvalue weighted by atomic mass is 9.92. The Kier molecular flexibility index (Phi) is 2.81. The third kappa shape index (κ3) is 1.91. The van der Waals surface area contributed by atoms with Crippen molar-refractivity contribution in [1.29, 1.82) is 0 Å². The number of fused-ring (bicyclic) bond motifs is 1. The maximum Gasteiger partial charge on any atom is 0.341 e. The lowest BCUT2D eigenvalue weighted by molar-refractivity contribution is -0.398. The minimum atomic E-state index is -1.47. The molecule has 1 unspecified atom stereocenters. The van der Waals surface area contributed by atoms with Crippen LogP contribution in [0, 0.1) is 0 Å². The normalized spacial score (nSPS) is 21.6. The fraction of sp³-hybridized carbons (Fsp3) is 0.133. The predicted octanol–water partition coefficient (Wildman–Crippen LogP) is 2.74. The summed E-state index contributed by atoms with van der Waals surface area (Å²) in [6.45, 7) is 0. The van der Waals surface area contributed by atoms with Crippen LogP contribution >= 0.6 is 0 Å². The summed E-state index contributed by atoms with van der Waals surface area (Å²) in [5.74, 6) is -1.97. The van der Waals surface area contributed by atoms with Gasteiger partial charge < -0.3 is 4.74 Å². The van der Waals surface area contributed by atoms with Crippen molar-refractivity contribution in [2.75, 3.05) is 0 Å². The van der Waals surface area contributed by atoms with Crippen LogP contribution in [0.1, 0.15) is 21.5 Å². The third-order valence-corrected chi connectivity index (χ3v) is 3.28. The van der Waals surface area contributed by atoms with Crippen molar-refractivity contribution in [3.63, 3.8) is 0 Å². The highest BCUT2D eigenvalue weighted by atomic mass is 17.1. The zero-order valence-electron chi connectivity index (χ0n) is 10.1. The van der Waals surface area contributed by atoms with Gasteiger partial charge in [-0.2, -0.15) is 4.89 Å². The van der Waals surface area contributed by atoms with Crippen molar-refractivity contribution in [3.05, 3.63) is 71.3 Å². The third-order valence-electron chi connectivity index (χ3n) is 3.28. The first-order valence-corrected chi connectivity index (χ1v) is 5.94. The van der Waals surface area contributed by atoms with Crippen LogP contribution in [0.4, 0.5) is 0 Å². The lowest BCUT2D eigenvalue weighted by Gasteiger charge is -2.34. The van der Waals surface area contributed by atoms with Gasteiger partial charge >= 0.3 is 5.97 Å². The Morgan fingerprint density at radius 1 is 1.05 bits per heavy atom. The average molecular weight is 256 g/mol. The highest BCUT2D eigenvalue weighted by Gasteiger charge is 2.43. The molecule has 4 nitrogen and oxygen atoms in total. The molecular weight excluding hydrogens is 244 g/mol. The van der Waals surface area contributed by atoms with E-state index in [4.69, 9.17) is 4.74 Å². The van der Waals surface area contributed by atoms with Crippen LogP contribution in [0.25, 0.3) is 0 Å². The SMILES string of the molecule is O=C1OC(OO)(c2ccccc2)Cc2ccccc21. The van der Waals surface area contributed by atoms with Crippen LogP contribution in [0.15, 0.2) is 54.6 Å². The largest absolute Gasteiger partial charge is 0.422 e.